The third-order valence-corrected chi connectivity index (χ3v) is 2.49. The van der Waals surface area contributed by atoms with E-state index >= 15 is 0 Å². The zero-order chi connectivity index (χ0) is 11.1. The van der Waals surface area contributed by atoms with Crippen LogP contribution in [0.25, 0.3) is 0 Å². The van der Waals surface area contributed by atoms with Crippen LogP contribution in [0.5, 0.6) is 0 Å². The highest BCUT2D eigenvalue weighted by Gasteiger charge is 1.98. The quantitative estimate of drug-likeness (QED) is 0.744. The zero-order valence-corrected chi connectivity index (χ0v) is 9.51. The summed E-state index contributed by atoms with van der Waals surface area (Å²) in [5.41, 5.74) is 4.06. The van der Waals surface area contributed by atoms with Gasteiger partial charge >= 0.3 is 0 Å². The minimum Gasteiger partial charge on any atom is -0.315 e. The van der Waals surface area contributed by atoms with E-state index in [1.54, 1.807) is 0 Å². The fourth-order valence-corrected chi connectivity index (χ4v) is 1.56. The molecule has 0 aliphatic heterocycles. The maximum Gasteiger partial charge on any atom is 0.0635 e. The molecular weight excluding hydrogens is 184 g/mol. The van der Waals surface area contributed by atoms with Crippen molar-refractivity contribution in [1.82, 2.24) is 5.32 Å². The van der Waals surface area contributed by atoms with E-state index in [9.17, 15) is 0 Å². The molecule has 1 rings (SSSR count). The van der Waals surface area contributed by atoms with E-state index in [1.807, 2.05) is 0 Å². The molecule has 0 aliphatic rings. The number of benzene rings is 1. The smallest absolute Gasteiger partial charge is 0.0635 e. The third kappa shape index (κ3) is 4.14. The molecule has 0 spiro atoms. The zero-order valence-electron chi connectivity index (χ0n) is 9.51. The minimum atomic E-state index is 0.590. The van der Waals surface area contributed by atoms with Crippen LogP contribution in [-0.4, -0.2) is 13.1 Å². The van der Waals surface area contributed by atoms with E-state index in [4.69, 9.17) is 5.26 Å². The Hall–Kier alpha value is -1.33. The standard InChI is InChI=1S/C13H18N2/c1-11-4-5-12(2)13(10-11)6-9-15-8-3-7-14/h4-5,10,15H,3,6,8-9H2,1-2H3. The van der Waals surface area contributed by atoms with Gasteiger partial charge in [0.05, 0.1) is 6.07 Å². The summed E-state index contributed by atoms with van der Waals surface area (Å²) >= 11 is 0. The summed E-state index contributed by atoms with van der Waals surface area (Å²) in [5, 5.41) is 11.6. The van der Waals surface area contributed by atoms with Crippen LogP contribution in [0, 0.1) is 25.2 Å². The van der Waals surface area contributed by atoms with Gasteiger partial charge in [-0.25, -0.2) is 0 Å². The first kappa shape index (κ1) is 11.7. The summed E-state index contributed by atoms with van der Waals surface area (Å²) in [6.45, 7) is 6.00. The van der Waals surface area contributed by atoms with Crippen LogP contribution < -0.4 is 5.32 Å². The van der Waals surface area contributed by atoms with Crippen molar-refractivity contribution in [3.8, 4) is 6.07 Å². The first-order valence-corrected chi connectivity index (χ1v) is 5.38. The summed E-state index contributed by atoms with van der Waals surface area (Å²) < 4.78 is 0. The van der Waals surface area contributed by atoms with Crippen molar-refractivity contribution in [2.24, 2.45) is 0 Å². The van der Waals surface area contributed by atoms with Crippen molar-refractivity contribution in [2.45, 2.75) is 26.7 Å². The Kier molecular flexibility index (Phi) is 4.86. The Morgan fingerprint density at radius 2 is 2.07 bits per heavy atom. The molecule has 0 unspecified atom stereocenters. The van der Waals surface area contributed by atoms with Gasteiger partial charge in [-0.2, -0.15) is 5.26 Å². The molecular formula is C13H18N2. The van der Waals surface area contributed by atoms with Gasteiger partial charge in [-0.05, 0) is 37.9 Å². The van der Waals surface area contributed by atoms with E-state index in [-0.39, 0.29) is 0 Å². The van der Waals surface area contributed by atoms with E-state index in [2.05, 4.69) is 43.4 Å². The van der Waals surface area contributed by atoms with E-state index in [0.29, 0.717) is 6.42 Å². The topological polar surface area (TPSA) is 35.8 Å². The highest BCUT2D eigenvalue weighted by atomic mass is 14.8. The number of hydrogen-bond acceptors (Lipinski definition) is 2. The molecule has 2 nitrogen and oxygen atoms in total. The van der Waals surface area contributed by atoms with Crippen molar-refractivity contribution < 1.29 is 0 Å². The number of nitrogens with one attached hydrogen (secondary N) is 1. The van der Waals surface area contributed by atoms with Crippen molar-refractivity contribution >= 4 is 0 Å². The lowest BCUT2D eigenvalue weighted by Gasteiger charge is -2.07. The van der Waals surface area contributed by atoms with E-state index in [1.165, 1.54) is 16.7 Å². The van der Waals surface area contributed by atoms with Crippen molar-refractivity contribution in [3.05, 3.63) is 34.9 Å². The molecule has 80 valence electrons. The van der Waals surface area contributed by atoms with Gasteiger partial charge in [0.2, 0.25) is 0 Å². The molecule has 0 saturated heterocycles. The Morgan fingerprint density at radius 1 is 1.27 bits per heavy atom. The molecule has 1 aromatic carbocycles. The molecule has 0 aromatic heterocycles. The maximum atomic E-state index is 8.37. The van der Waals surface area contributed by atoms with Crippen LogP contribution in [-0.2, 0) is 6.42 Å². The van der Waals surface area contributed by atoms with Crippen LogP contribution in [0.1, 0.15) is 23.1 Å². The highest BCUT2D eigenvalue weighted by molar-refractivity contribution is 5.30. The first-order valence-electron chi connectivity index (χ1n) is 5.38. The van der Waals surface area contributed by atoms with Gasteiger partial charge in [-0.1, -0.05) is 23.8 Å². The second-order valence-corrected chi connectivity index (χ2v) is 3.84. The predicted octanol–water partition coefficient (Wildman–Crippen LogP) is 2.35. The highest BCUT2D eigenvalue weighted by Crippen LogP contribution is 2.10. The molecule has 0 aliphatic carbocycles. The molecule has 0 saturated carbocycles. The molecule has 0 fully saturated rings. The monoisotopic (exact) mass is 202 g/mol. The Morgan fingerprint density at radius 3 is 2.80 bits per heavy atom. The number of nitrogens with zero attached hydrogens (tertiary/aromatic N) is 1. The van der Waals surface area contributed by atoms with Crippen LogP contribution in [0.15, 0.2) is 18.2 Å². The average molecular weight is 202 g/mol. The molecule has 15 heavy (non-hydrogen) atoms. The van der Waals surface area contributed by atoms with Gasteiger partial charge in [0.25, 0.3) is 0 Å². The largest absolute Gasteiger partial charge is 0.315 e. The lowest BCUT2D eigenvalue weighted by Crippen LogP contribution is -2.18. The van der Waals surface area contributed by atoms with Gasteiger partial charge in [-0.3, -0.25) is 0 Å². The summed E-state index contributed by atoms with van der Waals surface area (Å²) in [6, 6.07) is 8.67. The summed E-state index contributed by atoms with van der Waals surface area (Å²) in [5.74, 6) is 0. The molecule has 1 N–H and O–H groups in total. The Bertz CT molecular complexity index is 350. The van der Waals surface area contributed by atoms with Gasteiger partial charge in [0.1, 0.15) is 0 Å². The SMILES string of the molecule is Cc1ccc(C)c(CCNCCC#N)c1. The van der Waals surface area contributed by atoms with Crippen molar-refractivity contribution in [3.63, 3.8) is 0 Å². The number of hydrogen-bond donors (Lipinski definition) is 1. The molecule has 0 atom stereocenters. The van der Waals surface area contributed by atoms with Crippen molar-refractivity contribution in [2.75, 3.05) is 13.1 Å². The molecule has 2 heteroatoms. The van der Waals surface area contributed by atoms with Crippen LogP contribution in [0.3, 0.4) is 0 Å². The van der Waals surface area contributed by atoms with E-state index < -0.39 is 0 Å². The fourth-order valence-electron chi connectivity index (χ4n) is 1.56. The molecule has 0 bridgehead atoms. The van der Waals surface area contributed by atoms with Crippen molar-refractivity contribution in [1.29, 1.82) is 5.26 Å². The fraction of sp³-hybridized carbons (Fsp3) is 0.462. The van der Waals surface area contributed by atoms with Gasteiger partial charge in [0, 0.05) is 13.0 Å². The predicted molar refractivity (Wildman–Crippen MR) is 62.7 cm³/mol. The molecule has 1 aromatic rings. The lowest BCUT2D eigenvalue weighted by atomic mass is 10.0. The third-order valence-electron chi connectivity index (χ3n) is 2.49. The van der Waals surface area contributed by atoms with Gasteiger partial charge < -0.3 is 5.32 Å². The minimum absolute atomic E-state index is 0.590. The molecule has 0 heterocycles. The van der Waals surface area contributed by atoms with Gasteiger partial charge in [-0.15, -0.1) is 0 Å². The maximum absolute atomic E-state index is 8.37. The molecule has 0 amide bonds. The molecule has 0 radical (unpaired) electrons. The van der Waals surface area contributed by atoms with Crippen LogP contribution in [0.2, 0.25) is 0 Å². The van der Waals surface area contributed by atoms with E-state index in [0.717, 1.165) is 19.5 Å². The van der Waals surface area contributed by atoms with Crippen LogP contribution in [0.4, 0.5) is 0 Å². The number of nitriles is 1. The number of rotatable bonds is 5. The summed E-state index contributed by atoms with van der Waals surface area (Å²) in [6.07, 6.45) is 1.63. The normalized spacial score (nSPS) is 9.93. The second kappa shape index (κ2) is 6.21. The van der Waals surface area contributed by atoms with Crippen LogP contribution >= 0.6 is 0 Å². The summed E-state index contributed by atoms with van der Waals surface area (Å²) in [4.78, 5) is 0. The Labute approximate surface area is 91.9 Å². The first-order chi connectivity index (χ1) is 7.24. The Balaban J connectivity index is 2.37. The van der Waals surface area contributed by atoms with Gasteiger partial charge in [0.15, 0.2) is 0 Å². The average Bonchev–Trinajstić information content (AvgIpc) is 2.23. The summed E-state index contributed by atoms with van der Waals surface area (Å²) in [7, 11) is 0. The second-order valence-electron chi connectivity index (χ2n) is 3.84. The lowest BCUT2D eigenvalue weighted by molar-refractivity contribution is 0.691. The number of aryl methyl sites for hydroxylation is 2.